The Morgan fingerprint density at radius 2 is 1.91 bits per heavy atom. The molecule has 5 rings (SSSR count). The molecule has 7 nitrogen and oxygen atoms in total. The average molecular weight is 451 g/mol. The van der Waals surface area contributed by atoms with Crippen LogP contribution in [0.5, 0.6) is 0 Å². The van der Waals surface area contributed by atoms with Crippen LogP contribution in [-0.4, -0.2) is 50.4 Å². The smallest absolute Gasteiger partial charge is 0.230 e. The summed E-state index contributed by atoms with van der Waals surface area (Å²) in [6.45, 7) is 8.10. The normalized spacial score (nSPS) is 27.2. The number of carbonyl (C=O) groups excluding carboxylic acids is 1. The van der Waals surface area contributed by atoms with Gasteiger partial charge in [-0.25, -0.2) is 4.98 Å². The first-order valence-electron chi connectivity index (χ1n) is 12.1. The minimum Gasteiger partial charge on any atom is -0.381 e. The third kappa shape index (κ3) is 4.32. The largest absolute Gasteiger partial charge is 0.381 e. The van der Waals surface area contributed by atoms with Gasteiger partial charge in [-0.3, -0.25) is 4.79 Å². The molecule has 2 unspecified atom stereocenters. The Hall–Kier alpha value is -2.64. The summed E-state index contributed by atoms with van der Waals surface area (Å²) in [5.74, 6) is 1.71. The van der Waals surface area contributed by atoms with Crippen LogP contribution in [0.15, 0.2) is 36.5 Å². The standard InChI is InChI=1S/C26H34N4O3/c1-17-13-20(14-18(2)24(17)32-3)26(31)30-16-19-5-4-8-27-25(19)28-22-7-6-21(15-23(22)30)29-9-11-33-12-10-29/h4-8,15,17-18,20,24H,9-14,16H2,1-3H3,(H,27,28)/t17-,18+,20?,24?. The van der Waals surface area contributed by atoms with Crippen molar-refractivity contribution in [3.8, 4) is 0 Å². The number of hydrogen-bond donors (Lipinski definition) is 1. The van der Waals surface area contributed by atoms with Crippen molar-refractivity contribution in [2.75, 3.05) is 48.5 Å². The zero-order chi connectivity index (χ0) is 22.9. The van der Waals surface area contributed by atoms with Crippen molar-refractivity contribution < 1.29 is 14.3 Å². The van der Waals surface area contributed by atoms with Gasteiger partial charge in [0.05, 0.1) is 37.2 Å². The van der Waals surface area contributed by atoms with Gasteiger partial charge in [-0.15, -0.1) is 0 Å². The molecule has 0 radical (unpaired) electrons. The highest BCUT2D eigenvalue weighted by Gasteiger charge is 2.39. The Morgan fingerprint density at radius 1 is 1.15 bits per heavy atom. The number of aromatic nitrogens is 1. The molecule has 1 aromatic heterocycles. The number of hydrogen-bond acceptors (Lipinski definition) is 6. The third-order valence-corrected chi connectivity index (χ3v) is 7.44. The molecule has 1 saturated heterocycles. The molecule has 1 saturated carbocycles. The van der Waals surface area contributed by atoms with Crippen LogP contribution in [0, 0.1) is 17.8 Å². The SMILES string of the molecule is COC1[C@H](C)CC(C(=O)N2Cc3cccnc3Nc3ccc(N4CCOCC4)cc32)C[C@@H]1C. The second kappa shape index (κ2) is 9.31. The Bertz CT molecular complexity index is 995. The number of nitrogens with one attached hydrogen (secondary N) is 1. The van der Waals surface area contributed by atoms with Gasteiger partial charge in [0.1, 0.15) is 5.82 Å². The summed E-state index contributed by atoms with van der Waals surface area (Å²) < 4.78 is 11.3. The summed E-state index contributed by atoms with van der Waals surface area (Å²) in [5.41, 5.74) is 4.00. The quantitative estimate of drug-likeness (QED) is 0.756. The number of benzene rings is 1. The maximum Gasteiger partial charge on any atom is 0.230 e. The number of morpholine rings is 1. The van der Waals surface area contributed by atoms with E-state index in [2.05, 4.69) is 53.3 Å². The van der Waals surface area contributed by atoms with Crippen LogP contribution in [0.1, 0.15) is 32.3 Å². The molecule has 4 atom stereocenters. The lowest BCUT2D eigenvalue weighted by Crippen LogP contribution is -2.43. The lowest BCUT2D eigenvalue weighted by molar-refractivity contribution is -0.127. The van der Waals surface area contributed by atoms with Gasteiger partial charge in [0.2, 0.25) is 5.91 Å². The summed E-state index contributed by atoms with van der Waals surface area (Å²) >= 11 is 0. The number of fused-ring (bicyclic) bond motifs is 2. The highest BCUT2D eigenvalue weighted by molar-refractivity contribution is 6.00. The molecule has 2 aliphatic heterocycles. The van der Waals surface area contributed by atoms with Crippen molar-refractivity contribution in [1.82, 2.24) is 4.98 Å². The predicted octanol–water partition coefficient (Wildman–Crippen LogP) is 4.21. The molecule has 0 spiro atoms. The molecular weight excluding hydrogens is 416 g/mol. The molecular formula is C26H34N4O3. The molecule has 33 heavy (non-hydrogen) atoms. The van der Waals surface area contributed by atoms with Crippen molar-refractivity contribution in [2.24, 2.45) is 17.8 Å². The fraction of sp³-hybridized carbons (Fsp3) is 0.538. The van der Waals surface area contributed by atoms with E-state index in [0.29, 0.717) is 18.4 Å². The van der Waals surface area contributed by atoms with Gasteiger partial charge in [-0.2, -0.15) is 0 Å². The van der Waals surface area contributed by atoms with Gasteiger partial charge in [0, 0.05) is 43.6 Å². The van der Waals surface area contributed by atoms with E-state index >= 15 is 0 Å². The maximum atomic E-state index is 14.1. The molecule has 0 bridgehead atoms. The molecule has 7 heteroatoms. The molecule has 3 aliphatic rings. The molecule has 176 valence electrons. The van der Waals surface area contributed by atoms with Crippen LogP contribution in [0.3, 0.4) is 0 Å². The highest BCUT2D eigenvalue weighted by Crippen LogP contribution is 2.41. The maximum absolute atomic E-state index is 14.1. The van der Waals surface area contributed by atoms with Crippen LogP contribution in [-0.2, 0) is 20.8 Å². The summed E-state index contributed by atoms with van der Waals surface area (Å²) in [4.78, 5) is 22.9. The summed E-state index contributed by atoms with van der Waals surface area (Å²) in [6.07, 6.45) is 3.71. The molecule has 1 amide bonds. The number of rotatable bonds is 3. The van der Waals surface area contributed by atoms with Crippen molar-refractivity contribution in [3.63, 3.8) is 0 Å². The Morgan fingerprint density at radius 3 is 2.64 bits per heavy atom. The van der Waals surface area contributed by atoms with E-state index in [1.807, 2.05) is 11.0 Å². The van der Waals surface area contributed by atoms with Crippen LogP contribution in [0.2, 0.25) is 0 Å². The summed E-state index contributed by atoms with van der Waals surface area (Å²) in [7, 11) is 1.79. The van der Waals surface area contributed by atoms with E-state index in [9.17, 15) is 4.79 Å². The zero-order valence-corrected chi connectivity index (χ0v) is 19.8. The van der Waals surface area contributed by atoms with E-state index in [4.69, 9.17) is 9.47 Å². The van der Waals surface area contributed by atoms with E-state index in [1.165, 1.54) is 0 Å². The summed E-state index contributed by atoms with van der Waals surface area (Å²) in [6, 6.07) is 10.4. The summed E-state index contributed by atoms with van der Waals surface area (Å²) in [5, 5.41) is 3.49. The average Bonchev–Trinajstić information content (AvgIpc) is 3.00. The Balaban J connectivity index is 1.51. The van der Waals surface area contributed by atoms with Gasteiger partial charge in [0.25, 0.3) is 0 Å². The number of amides is 1. The van der Waals surface area contributed by atoms with Crippen molar-refractivity contribution in [2.45, 2.75) is 39.3 Å². The number of methoxy groups -OCH3 is 1. The second-order valence-corrected chi connectivity index (χ2v) is 9.68. The first-order valence-corrected chi connectivity index (χ1v) is 12.1. The van der Waals surface area contributed by atoms with E-state index in [-0.39, 0.29) is 17.9 Å². The molecule has 1 aliphatic carbocycles. The highest BCUT2D eigenvalue weighted by atomic mass is 16.5. The number of pyridine rings is 1. The van der Waals surface area contributed by atoms with Crippen LogP contribution in [0.4, 0.5) is 22.9 Å². The topological polar surface area (TPSA) is 66.9 Å². The third-order valence-electron chi connectivity index (χ3n) is 7.44. The van der Waals surface area contributed by atoms with Crippen molar-refractivity contribution in [1.29, 1.82) is 0 Å². The van der Waals surface area contributed by atoms with Gasteiger partial charge < -0.3 is 24.6 Å². The zero-order valence-electron chi connectivity index (χ0n) is 19.8. The molecule has 1 aromatic carbocycles. The first kappa shape index (κ1) is 22.2. The second-order valence-electron chi connectivity index (χ2n) is 9.68. The Labute approximate surface area is 196 Å². The predicted molar refractivity (Wildman–Crippen MR) is 130 cm³/mol. The lowest BCUT2D eigenvalue weighted by Gasteiger charge is -2.39. The fourth-order valence-electron chi connectivity index (χ4n) is 5.84. The monoisotopic (exact) mass is 450 g/mol. The Kier molecular flexibility index (Phi) is 6.25. The van der Waals surface area contributed by atoms with E-state index < -0.39 is 0 Å². The molecule has 2 aromatic rings. The van der Waals surface area contributed by atoms with Gasteiger partial charge in [-0.1, -0.05) is 19.9 Å². The number of anilines is 4. The molecule has 3 heterocycles. The fourth-order valence-corrected chi connectivity index (χ4v) is 5.84. The van der Waals surface area contributed by atoms with Gasteiger partial charge >= 0.3 is 0 Å². The number of nitrogens with zero attached hydrogens (tertiary/aromatic N) is 3. The van der Waals surface area contributed by atoms with Crippen LogP contribution >= 0.6 is 0 Å². The van der Waals surface area contributed by atoms with Gasteiger partial charge in [-0.05, 0) is 48.9 Å². The van der Waals surface area contributed by atoms with Gasteiger partial charge in [0.15, 0.2) is 0 Å². The first-order chi connectivity index (χ1) is 16.0. The van der Waals surface area contributed by atoms with E-state index in [0.717, 1.165) is 67.6 Å². The molecule has 2 fully saturated rings. The molecule has 1 N–H and O–H groups in total. The van der Waals surface area contributed by atoms with Crippen LogP contribution < -0.4 is 15.1 Å². The number of ether oxygens (including phenoxy) is 2. The van der Waals surface area contributed by atoms with Crippen LogP contribution in [0.25, 0.3) is 0 Å². The van der Waals surface area contributed by atoms with E-state index in [1.54, 1.807) is 13.3 Å². The lowest BCUT2D eigenvalue weighted by atomic mass is 9.74. The minimum absolute atomic E-state index is 0.0143. The minimum atomic E-state index is -0.0143. The van der Waals surface area contributed by atoms with Crippen molar-refractivity contribution >= 4 is 28.8 Å². The number of carbonyl (C=O) groups is 1. The van der Waals surface area contributed by atoms with Crippen molar-refractivity contribution in [3.05, 3.63) is 42.1 Å².